The van der Waals surface area contributed by atoms with Crippen LogP contribution in [0, 0.1) is 6.92 Å². The Morgan fingerprint density at radius 1 is 1.00 bits per heavy atom. The lowest BCUT2D eigenvalue weighted by Crippen LogP contribution is -2.22. The molecule has 3 aromatic carbocycles. The molecule has 4 rings (SSSR count). The van der Waals surface area contributed by atoms with Gasteiger partial charge >= 0.3 is 5.63 Å². The highest BCUT2D eigenvalue weighted by Gasteiger charge is 2.18. The lowest BCUT2D eigenvalue weighted by Gasteiger charge is -2.13. The maximum atomic E-state index is 12.6. The fourth-order valence-corrected chi connectivity index (χ4v) is 4.41. The van der Waals surface area contributed by atoms with E-state index in [9.17, 15) is 18.0 Å². The summed E-state index contributed by atoms with van der Waals surface area (Å²) in [5, 5.41) is 3.57. The molecule has 9 heteroatoms. The summed E-state index contributed by atoms with van der Waals surface area (Å²) < 4.78 is 36.8. The van der Waals surface area contributed by atoms with E-state index < -0.39 is 15.6 Å². The van der Waals surface area contributed by atoms with Crippen LogP contribution in [0.15, 0.2) is 86.9 Å². The number of carbonyl (C=O) groups is 1. The molecule has 1 N–H and O–H groups in total. The molecular weight excluding hydrogens is 468 g/mol. The number of anilines is 1. The Labute approximate surface area is 202 Å². The number of sulfonamides is 1. The van der Waals surface area contributed by atoms with Crippen LogP contribution in [0.1, 0.15) is 21.5 Å². The summed E-state index contributed by atoms with van der Waals surface area (Å²) in [6.07, 6.45) is 0. The fraction of sp³-hybridized carbons (Fsp3) is 0.154. The average Bonchev–Trinajstić information content (AvgIpc) is 2.82. The lowest BCUT2D eigenvalue weighted by molar-refractivity contribution is 0.102. The van der Waals surface area contributed by atoms with Crippen LogP contribution < -0.4 is 15.7 Å². The smallest absolute Gasteiger partial charge is 0.336 e. The molecule has 4 aromatic rings. The molecule has 1 aromatic heterocycles. The monoisotopic (exact) mass is 492 g/mol. The summed E-state index contributed by atoms with van der Waals surface area (Å²) >= 11 is 0. The quantitative estimate of drug-likeness (QED) is 0.388. The van der Waals surface area contributed by atoms with Gasteiger partial charge in [-0.15, -0.1) is 0 Å². The summed E-state index contributed by atoms with van der Waals surface area (Å²) in [5.41, 5.74) is 2.52. The first kappa shape index (κ1) is 24.2. The van der Waals surface area contributed by atoms with Crippen molar-refractivity contribution >= 4 is 32.6 Å². The SMILES string of the molecule is Cc1cc(=O)oc2cc(OCc3ccc(C(=O)Nc4cccc(S(=O)(=O)N(C)C)c4)cc3)ccc12. The van der Waals surface area contributed by atoms with E-state index in [-0.39, 0.29) is 17.4 Å². The minimum atomic E-state index is -3.60. The van der Waals surface area contributed by atoms with Crippen LogP contribution in [0.4, 0.5) is 5.69 Å². The Morgan fingerprint density at radius 2 is 1.74 bits per heavy atom. The van der Waals surface area contributed by atoms with E-state index in [0.717, 1.165) is 20.8 Å². The van der Waals surface area contributed by atoms with Gasteiger partial charge in [0, 0.05) is 42.9 Å². The second kappa shape index (κ2) is 9.73. The summed E-state index contributed by atoms with van der Waals surface area (Å²) in [6, 6.07) is 19.7. The van der Waals surface area contributed by atoms with Crippen molar-refractivity contribution in [3.63, 3.8) is 0 Å². The van der Waals surface area contributed by atoms with Gasteiger partial charge in [0.2, 0.25) is 10.0 Å². The minimum absolute atomic E-state index is 0.0934. The molecule has 1 heterocycles. The van der Waals surface area contributed by atoms with E-state index in [4.69, 9.17) is 9.15 Å². The number of rotatable bonds is 7. The first-order valence-corrected chi connectivity index (χ1v) is 12.2. The zero-order chi connectivity index (χ0) is 25.2. The molecule has 0 fully saturated rings. The number of hydrogen-bond acceptors (Lipinski definition) is 6. The van der Waals surface area contributed by atoms with Crippen LogP contribution in [0.3, 0.4) is 0 Å². The first-order chi connectivity index (χ1) is 16.6. The molecule has 0 atom stereocenters. The van der Waals surface area contributed by atoms with Gasteiger partial charge in [0.1, 0.15) is 17.9 Å². The van der Waals surface area contributed by atoms with E-state index in [1.165, 1.54) is 32.3 Å². The number of carbonyl (C=O) groups excluding carboxylic acids is 1. The Hall–Kier alpha value is -3.95. The van der Waals surface area contributed by atoms with Gasteiger partial charge in [-0.05, 0) is 60.5 Å². The van der Waals surface area contributed by atoms with Crippen LogP contribution in [0.2, 0.25) is 0 Å². The van der Waals surface area contributed by atoms with Gasteiger partial charge in [0.15, 0.2) is 0 Å². The topological polar surface area (TPSA) is 106 Å². The molecular formula is C26H24N2O6S. The normalized spacial score (nSPS) is 11.5. The summed E-state index contributed by atoms with van der Waals surface area (Å²) in [4.78, 5) is 24.4. The summed E-state index contributed by atoms with van der Waals surface area (Å²) in [7, 11) is -0.707. The molecule has 0 saturated carbocycles. The highest BCUT2D eigenvalue weighted by Crippen LogP contribution is 2.23. The second-order valence-electron chi connectivity index (χ2n) is 8.16. The largest absolute Gasteiger partial charge is 0.489 e. The van der Waals surface area contributed by atoms with Crippen LogP contribution in [-0.2, 0) is 16.6 Å². The van der Waals surface area contributed by atoms with Crippen LogP contribution >= 0.6 is 0 Å². The highest BCUT2D eigenvalue weighted by atomic mass is 32.2. The standard InChI is InChI=1S/C26H24N2O6S/c1-17-13-25(29)34-24-15-21(11-12-23(17)24)33-16-18-7-9-19(10-8-18)26(30)27-20-5-4-6-22(14-20)35(31,32)28(2)3/h4-15H,16H2,1-3H3,(H,27,30). The van der Waals surface area contributed by atoms with Crippen molar-refractivity contribution < 1.29 is 22.4 Å². The van der Waals surface area contributed by atoms with Gasteiger partial charge in [-0.2, -0.15) is 0 Å². The lowest BCUT2D eigenvalue weighted by atomic mass is 10.1. The van der Waals surface area contributed by atoms with Crippen molar-refractivity contribution in [2.45, 2.75) is 18.4 Å². The molecule has 0 aliphatic rings. The molecule has 0 aliphatic heterocycles. The van der Waals surface area contributed by atoms with Crippen LogP contribution in [0.25, 0.3) is 11.0 Å². The molecule has 0 spiro atoms. The third kappa shape index (κ3) is 5.42. The minimum Gasteiger partial charge on any atom is -0.489 e. The van der Waals surface area contributed by atoms with Crippen molar-refractivity contribution in [1.82, 2.24) is 4.31 Å². The predicted octanol–water partition coefficient (Wildman–Crippen LogP) is 4.18. The zero-order valence-electron chi connectivity index (χ0n) is 19.4. The van der Waals surface area contributed by atoms with Crippen molar-refractivity contribution in [2.24, 2.45) is 0 Å². The molecule has 0 radical (unpaired) electrons. The second-order valence-corrected chi connectivity index (χ2v) is 10.3. The van der Waals surface area contributed by atoms with Gasteiger partial charge in [0.05, 0.1) is 4.90 Å². The number of benzene rings is 3. The summed E-state index contributed by atoms with van der Waals surface area (Å²) in [5.74, 6) is 0.192. The van der Waals surface area contributed by atoms with E-state index in [0.29, 0.717) is 22.6 Å². The van der Waals surface area contributed by atoms with Crippen molar-refractivity contribution in [3.05, 3.63) is 99.9 Å². The number of hydrogen-bond donors (Lipinski definition) is 1. The fourth-order valence-electron chi connectivity index (χ4n) is 3.46. The van der Waals surface area contributed by atoms with Crippen LogP contribution in [0.5, 0.6) is 5.75 Å². The van der Waals surface area contributed by atoms with Crippen molar-refractivity contribution in [3.8, 4) is 5.75 Å². The number of amides is 1. The predicted molar refractivity (Wildman–Crippen MR) is 133 cm³/mol. The van der Waals surface area contributed by atoms with Gasteiger partial charge in [-0.3, -0.25) is 4.79 Å². The molecule has 180 valence electrons. The Balaban J connectivity index is 1.42. The third-order valence-corrected chi connectivity index (χ3v) is 7.23. The van der Waals surface area contributed by atoms with Crippen molar-refractivity contribution in [1.29, 1.82) is 0 Å². The average molecular weight is 493 g/mol. The zero-order valence-corrected chi connectivity index (χ0v) is 20.3. The van der Waals surface area contributed by atoms with E-state index >= 15 is 0 Å². The number of aryl methyl sites for hydroxylation is 1. The van der Waals surface area contributed by atoms with Crippen molar-refractivity contribution in [2.75, 3.05) is 19.4 Å². The van der Waals surface area contributed by atoms with E-state index in [1.54, 1.807) is 42.5 Å². The van der Waals surface area contributed by atoms with Gasteiger partial charge in [0.25, 0.3) is 5.91 Å². The van der Waals surface area contributed by atoms with Crippen LogP contribution in [-0.4, -0.2) is 32.7 Å². The van der Waals surface area contributed by atoms with Gasteiger partial charge in [-0.1, -0.05) is 18.2 Å². The molecule has 0 bridgehead atoms. The van der Waals surface area contributed by atoms with E-state index in [2.05, 4.69) is 5.32 Å². The molecule has 0 unspecified atom stereocenters. The summed E-state index contributed by atoms with van der Waals surface area (Å²) in [6.45, 7) is 2.10. The van der Waals surface area contributed by atoms with Gasteiger partial charge < -0.3 is 14.5 Å². The Bertz CT molecular complexity index is 1560. The molecule has 0 aliphatic carbocycles. The molecule has 8 nitrogen and oxygen atoms in total. The number of nitrogens with one attached hydrogen (secondary N) is 1. The number of fused-ring (bicyclic) bond motifs is 1. The molecule has 0 saturated heterocycles. The third-order valence-electron chi connectivity index (χ3n) is 5.41. The first-order valence-electron chi connectivity index (χ1n) is 10.7. The maximum Gasteiger partial charge on any atom is 0.336 e. The van der Waals surface area contributed by atoms with E-state index in [1.807, 2.05) is 19.1 Å². The maximum absolute atomic E-state index is 12.6. The highest BCUT2D eigenvalue weighted by molar-refractivity contribution is 7.89. The molecule has 35 heavy (non-hydrogen) atoms. The Kier molecular flexibility index (Phi) is 6.72. The number of nitrogens with zero attached hydrogens (tertiary/aromatic N) is 1. The Morgan fingerprint density at radius 3 is 2.46 bits per heavy atom. The number of ether oxygens (including phenoxy) is 1. The van der Waals surface area contributed by atoms with Gasteiger partial charge in [-0.25, -0.2) is 17.5 Å². The molecule has 1 amide bonds.